The molecule has 2 aliphatic rings. The number of anilines is 1. The van der Waals surface area contributed by atoms with E-state index < -0.39 is 0 Å². The van der Waals surface area contributed by atoms with Crippen molar-refractivity contribution in [3.8, 4) is 5.69 Å². The summed E-state index contributed by atoms with van der Waals surface area (Å²) >= 11 is 0. The molecule has 160 valence electrons. The molecule has 0 unspecified atom stereocenters. The molecule has 2 fully saturated rings. The number of benzene rings is 1. The lowest BCUT2D eigenvalue weighted by Gasteiger charge is -2.33. The van der Waals surface area contributed by atoms with Gasteiger partial charge in [0.05, 0.1) is 24.5 Å². The zero-order valence-corrected chi connectivity index (χ0v) is 17.7. The van der Waals surface area contributed by atoms with Gasteiger partial charge < -0.3 is 10.6 Å². The summed E-state index contributed by atoms with van der Waals surface area (Å²) in [7, 11) is 0. The van der Waals surface area contributed by atoms with E-state index in [4.69, 9.17) is 0 Å². The molecule has 0 spiro atoms. The van der Waals surface area contributed by atoms with Crippen molar-refractivity contribution in [2.75, 3.05) is 44.6 Å². The minimum atomic E-state index is -0.0526. The highest BCUT2D eigenvalue weighted by atomic mass is 16.2. The number of aryl methyl sites for hydroxylation is 2. The smallest absolute Gasteiger partial charge is 0.239 e. The zero-order chi connectivity index (χ0) is 21.1. The third-order valence-corrected chi connectivity index (χ3v) is 5.52. The van der Waals surface area contributed by atoms with E-state index >= 15 is 0 Å². The van der Waals surface area contributed by atoms with E-state index in [-0.39, 0.29) is 11.8 Å². The van der Waals surface area contributed by atoms with Crippen molar-refractivity contribution < 1.29 is 9.59 Å². The first-order chi connectivity index (χ1) is 14.5. The Morgan fingerprint density at radius 1 is 0.967 bits per heavy atom. The lowest BCUT2D eigenvalue weighted by Crippen LogP contribution is -2.51. The highest BCUT2D eigenvalue weighted by Gasteiger charge is 2.25. The average Bonchev–Trinajstić information content (AvgIpc) is 3.44. The number of carbonyl (C=O) groups excluding carboxylic acids is 2. The normalized spacial score (nSPS) is 17.7. The Morgan fingerprint density at radius 3 is 2.17 bits per heavy atom. The van der Waals surface area contributed by atoms with Crippen molar-refractivity contribution in [3.05, 3.63) is 41.6 Å². The summed E-state index contributed by atoms with van der Waals surface area (Å²) in [5, 5.41) is 10.6. The fourth-order valence-electron chi connectivity index (χ4n) is 3.67. The maximum atomic E-state index is 12.6. The van der Waals surface area contributed by atoms with Gasteiger partial charge in [0.15, 0.2) is 0 Å². The predicted molar refractivity (Wildman–Crippen MR) is 116 cm³/mol. The molecule has 30 heavy (non-hydrogen) atoms. The van der Waals surface area contributed by atoms with Gasteiger partial charge in [-0.25, -0.2) is 4.68 Å². The number of hydrogen-bond acceptors (Lipinski definition) is 5. The molecule has 2 N–H and O–H groups in total. The second kappa shape index (κ2) is 8.97. The van der Waals surface area contributed by atoms with Crippen LogP contribution in [0, 0.1) is 13.8 Å². The second-order valence-electron chi connectivity index (χ2n) is 8.36. The molecule has 2 aromatic rings. The summed E-state index contributed by atoms with van der Waals surface area (Å²) in [6, 6.07) is 10.3. The molecule has 1 aromatic carbocycles. The van der Waals surface area contributed by atoms with Crippen molar-refractivity contribution in [3.63, 3.8) is 0 Å². The molecular formula is C22H30N6O2. The molecule has 0 atom stereocenters. The number of amides is 2. The fourth-order valence-corrected chi connectivity index (χ4v) is 3.67. The van der Waals surface area contributed by atoms with E-state index in [2.05, 4.69) is 25.5 Å². The van der Waals surface area contributed by atoms with Gasteiger partial charge in [-0.05, 0) is 38.8 Å². The highest BCUT2D eigenvalue weighted by Crippen LogP contribution is 2.19. The molecule has 1 saturated carbocycles. The minimum Gasteiger partial charge on any atom is -0.352 e. The predicted octanol–water partition coefficient (Wildman–Crippen LogP) is 1.32. The number of piperazine rings is 1. The van der Waals surface area contributed by atoms with Gasteiger partial charge in [0.1, 0.15) is 5.82 Å². The van der Waals surface area contributed by atoms with Crippen LogP contribution in [-0.2, 0) is 9.59 Å². The standard InChI is InChI=1S/C22H30N6O2/c1-16-3-7-19(8-4-16)28-20(13-17(2)25-28)24-22(30)15-27-11-9-26(10-12-27)14-21(29)23-18-5-6-18/h3-4,7-8,13,18H,5-6,9-12,14-15H2,1-2H3,(H,23,29)(H,24,30). The Morgan fingerprint density at radius 2 is 1.57 bits per heavy atom. The molecular weight excluding hydrogens is 380 g/mol. The van der Waals surface area contributed by atoms with Crippen molar-refractivity contribution in [2.24, 2.45) is 0 Å². The van der Waals surface area contributed by atoms with Crippen molar-refractivity contribution >= 4 is 17.6 Å². The summed E-state index contributed by atoms with van der Waals surface area (Å²) in [5.41, 5.74) is 2.95. The van der Waals surface area contributed by atoms with Crippen LogP contribution < -0.4 is 10.6 Å². The van der Waals surface area contributed by atoms with E-state index in [9.17, 15) is 9.59 Å². The van der Waals surface area contributed by atoms with Gasteiger partial charge in [0.2, 0.25) is 11.8 Å². The van der Waals surface area contributed by atoms with Crippen LogP contribution in [0.1, 0.15) is 24.1 Å². The highest BCUT2D eigenvalue weighted by molar-refractivity contribution is 5.91. The summed E-state index contributed by atoms with van der Waals surface area (Å²) in [6.07, 6.45) is 2.22. The molecule has 1 aliphatic heterocycles. The largest absolute Gasteiger partial charge is 0.352 e. The Labute approximate surface area is 177 Å². The first-order valence-electron chi connectivity index (χ1n) is 10.6. The van der Waals surface area contributed by atoms with Crippen LogP contribution in [0.15, 0.2) is 30.3 Å². The Bertz CT molecular complexity index is 895. The van der Waals surface area contributed by atoms with Crippen LogP contribution in [0.25, 0.3) is 5.69 Å². The Balaban J connectivity index is 1.27. The van der Waals surface area contributed by atoms with Crippen LogP contribution in [0.4, 0.5) is 5.82 Å². The number of rotatable bonds is 7. The van der Waals surface area contributed by atoms with Crippen molar-refractivity contribution in [2.45, 2.75) is 32.7 Å². The van der Waals surface area contributed by atoms with Crippen LogP contribution in [-0.4, -0.2) is 76.7 Å². The first kappa shape index (κ1) is 20.6. The van der Waals surface area contributed by atoms with Gasteiger partial charge in [-0.3, -0.25) is 19.4 Å². The molecule has 2 amide bonds. The van der Waals surface area contributed by atoms with Gasteiger partial charge >= 0.3 is 0 Å². The van der Waals surface area contributed by atoms with Gasteiger partial charge in [0, 0.05) is 38.3 Å². The number of aromatic nitrogens is 2. The molecule has 1 aromatic heterocycles. The average molecular weight is 411 g/mol. The summed E-state index contributed by atoms with van der Waals surface area (Å²) in [5.74, 6) is 0.739. The number of hydrogen-bond donors (Lipinski definition) is 2. The van der Waals surface area contributed by atoms with E-state index in [0.717, 1.165) is 50.4 Å². The van der Waals surface area contributed by atoms with Crippen LogP contribution in [0.3, 0.4) is 0 Å². The number of nitrogens with zero attached hydrogens (tertiary/aromatic N) is 4. The van der Waals surface area contributed by atoms with E-state index in [1.165, 1.54) is 5.56 Å². The zero-order valence-electron chi connectivity index (χ0n) is 17.7. The lowest BCUT2D eigenvalue weighted by molar-refractivity contribution is -0.123. The Kier molecular flexibility index (Phi) is 6.15. The molecule has 8 nitrogen and oxygen atoms in total. The SMILES string of the molecule is Cc1ccc(-n2nc(C)cc2NC(=O)CN2CCN(CC(=O)NC3CC3)CC2)cc1. The van der Waals surface area contributed by atoms with E-state index in [1.54, 1.807) is 4.68 Å². The van der Waals surface area contributed by atoms with E-state index in [1.807, 2.05) is 44.2 Å². The molecule has 0 radical (unpaired) electrons. The summed E-state index contributed by atoms with van der Waals surface area (Å²) in [4.78, 5) is 28.9. The second-order valence-corrected chi connectivity index (χ2v) is 8.36. The molecule has 1 aliphatic carbocycles. The van der Waals surface area contributed by atoms with Crippen LogP contribution in [0.2, 0.25) is 0 Å². The van der Waals surface area contributed by atoms with Gasteiger partial charge in [0.25, 0.3) is 0 Å². The maximum absolute atomic E-state index is 12.6. The van der Waals surface area contributed by atoms with Gasteiger partial charge in [-0.2, -0.15) is 5.10 Å². The monoisotopic (exact) mass is 410 g/mol. The first-order valence-corrected chi connectivity index (χ1v) is 10.6. The molecule has 4 rings (SSSR count). The molecule has 0 bridgehead atoms. The third kappa shape index (κ3) is 5.46. The van der Waals surface area contributed by atoms with Crippen LogP contribution >= 0.6 is 0 Å². The van der Waals surface area contributed by atoms with Gasteiger partial charge in [-0.15, -0.1) is 0 Å². The lowest BCUT2D eigenvalue weighted by atomic mass is 10.2. The Hall–Kier alpha value is -2.71. The van der Waals surface area contributed by atoms with Crippen molar-refractivity contribution in [1.82, 2.24) is 24.9 Å². The topological polar surface area (TPSA) is 82.5 Å². The number of nitrogens with one attached hydrogen (secondary N) is 2. The summed E-state index contributed by atoms with van der Waals surface area (Å²) in [6.45, 7) is 7.89. The third-order valence-electron chi connectivity index (χ3n) is 5.52. The van der Waals surface area contributed by atoms with Crippen molar-refractivity contribution in [1.29, 1.82) is 0 Å². The molecule has 8 heteroatoms. The number of carbonyl (C=O) groups is 2. The summed E-state index contributed by atoms with van der Waals surface area (Å²) < 4.78 is 1.77. The minimum absolute atomic E-state index is 0.0526. The fraction of sp³-hybridized carbons (Fsp3) is 0.500. The van der Waals surface area contributed by atoms with Gasteiger partial charge in [-0.1, -0.05) is 17.7 Å². The van der Waals surface area contributed by atoms with E-state index in [0.29, 0.717) is 24.9 Å². The van der Waals surface area contributed by atoms with Crippen LogP contribution in [0.5, 0.6) is 0 Å². The molecule has 1 saturated heterocycles. The maximum Gasteiger partial charge on any atom is 0.239 e. The quantitative estimate of drug-likeness (QED) is 0.720. The molecule has 2 heterocycles.